The summed E-state index contributed by atoms with van der Waals surface area (Å²) < 4.78 is 6.06. The van der Waals surface area contributed by atoms with E-state index in [-0.39, 0.29) is 24.4 Å². The molecule has 7 heteroatoms. The Hall–Kier alpha value is -2.83. The zero-order valence-corrected chi connectivity index (χ0v) is 21.1. The highest BCUT2D eigenvalue weighted by Crippen LogP contribution is 2.34. The largest absolute Gasteiger partial charge is 0.491 e. The molecule has 0 aliphatic carbocycles. The fraction of sp³-hybridized carbons (Fsp3) is 0.333. The van der Waals surface area contributed by atoms with Crippen LogP contribution < -0.4 is 4.74 Å². The first kappa shape index (κ1) is 24.3. The Balaban J connectivity index is 1.51. The van der Waals surface area contributed by atoms with Crippen LogP contribution in [0.2, 0.25) is 5.02 Å². The predicted molar refractivity (Wildman–Crippen MR) is 137 cm³/mol. The molecule has 0 unspecified atom stereocenters. The molecule has 2 amide bonds. The summed E-state index contributed by atoms with van der Waals surface area (Å²) in [5.74, 6) is 0.536. The predicted octanol–water partition coefficient (Wildman–Crippen LogP) is 5.77. The number of rotatable bonds is 8. The third-order valence-corrected chi connectivity index (χ3v) is 7.29. The van der Waals surface area contributed by atoms with Crippen molar-refractivity contribution in [3.05, 3.63) is 86.6 Å². The molecule has 0 saturated heterocycles. The highest BCUT2D eigenvalue weighted by Gasteiger charge is 2.33. The van der Waals surface area contributed by atoms with Gasteiger partial charge in [0.1, 0.15) is 18.9 Å². The molecule has 0 radical (unpaired) electrons. The van der Waals surface area contributed by atoms with Gasteiger partial charge in [0.05, 0.1) is 6.04 Å². The monoisotopic (exact) mass is 496 g/mol. The lowest BCUT2D eigenvalue weighted by molar-refractivity contribution is -0.135. The molecule has 2 heterocycles. The van der Waals surface area contributed by atoms with Crippen LogP contribution in [0, 0.1) is 6.92 Å². The van der Waals surface area contributed by atoms with E-state index < -0.39 is 0 Å². The summed E-state index contributed by atoms with van der Waals surface area (Å²) >= 11 is 7.71. The highest BCUT2D eigenvalue weighted by atomic mass is 35.5. The second-order valence-corrected chi connectivity index (χ2v) is 9.95. The smallest absolute Gasteiger partial charge is 0.254 e. The third-order valence-electron chi connectivity index (χ3n) is 6.04. The molecule has 178 valence electrons. The van der Waals surface area contributed by atoms with Crippen molar-refractivity contribution >= 4 is 34.8 Å². The second kappa shape index (κ2) is 11.1. The van der Waals surface area contributed by atoms with Crippen LogP contribution in [0.5, 0.6) is 5.75 Å². The van der Waals surface area contributed by atoms with Gasteiger partial charge in [-0.25, -0.2) is 0 Å². The zero-order valence-electron chi connectivity index (χ0n) is 19.5. The number of benzene rings is 2. The molecule has 34 heavy (non-hydrogen) atoms. The summed E-state index contributed by atoms with van der Waals surface area (Å²) in [6, 6.07) is 16.6. The standard InChI is InChI=1S/C27H29ClN2O3S/c1-3-14-29(27(32)20-6-4-19(2)5-7-20)17-26(31)30-15-12-25-23(13-16-34-25)24(30)18-33-22-10-8-21(28)9-11-22/h4-11,13,16,24H,3,12,14-15,17-18H2,1-2H3/t24-/m0/s1. The van der Waals surface area contributed by atoms with Crippen LogP contribution in [-0.2, 0) is 11.2 Å². The van der Waals surface area contributed by atoms with Crippen molar-refractivity contribution in [3.63, 3.8) is 0 Å². The molecule has 1 aromatic heterocycles. The molecule has 0 fully saturated rings. The number of carbonyl (C=O) groups is 2. The van der Waals surface area contributed by atoms with Crippen LogP contribution in [0.25, 0.3) is 0 Å². The van der Waals surface area contributed by atoms with Gasteiger partial charge in [0.15, 0.2) is 0 Å². The van der Waals surface area contributed by atoms with E-state index in [4.69, 9.17) is 16.3 Å². The Bertz CT molecular complexity index is 1130. The van der Waals surface area contributed by atoms with E-state index in [0.717, 1.165) is 24.0 Å². The Morgan fingerprint density at radius 3 is 2.56 bits per heavy atom. The Morgan fingerprint density at radius 2 is 1.85 bits per heavy atom. The molecule has 2 aromatic carbocycles. The van der Waals surface area contributed by atoms with Crippen LogP contribution >= 0.6 is 22.9 Å². The van der Waals surface area contributed by atoms with E-state index in [2.05, 4.69) is 11.4 Å². The molecule has 0 saturated carbocycles. The van der Waals surface area contributed by atoms with Crippen molar-refractivity contribution in [1.29, 1.82) is 0 Å². The minimum atomic E-state index is -0.198. The quantitative estimate of drug-likeness (QED) is 0.398. The van der Waals surface area contributed by atoms with E-state index in [1.165, 1.54) is 4.88 Å². The van der Waals surface area contributed by atoms with Gasteiger partial charge in [-0.1, -0.05) is 36.2 Å². The lowest BCUT2D eigenvalue weighted by Gasteiger charge is -2.37. The number of ether oxygens (including phenoxy) is 1. The van der Waals surface area contributed by atoms with Crippen molar-refractivity contribution in [2.75, 3.05) is 26.2 Å². The average Bonchev–Trinajstić information content (AvgIpc) is 3.32. The second-order valence-electron chi connectivity index (χ2n) is 8.51. The number of amides is 2. The SMILES string of the molecule is CCCN(CC(=O)N1CCc2sccc2[C@@H]1COc1ccc(Cl)cc1)C(=O)c1ccc(C)cc1. The van der Waals surface area contributed by atoms with Crippen LogP contribution in [0.1, 0.15) is 45.7 Å². The molecular weight excluding hydrogens is 468 g/mol. The first-order chi connectivity index (χ1) is 16.5. The summed E-state index contributed by atoms with van der Waals surface area (Å²) in [5, 5.41) is 2.72. The van der Waals surface area contributed by atoms with E-state index in [9.17, 15) is 9.59 Å². The average molecular weight is 497 g/mol. The number of carbonyl (C=O) groups excluding carboxylic acids is 2. The maximum absolute atomic E-state index is 13.5. The minimum absolute atomic E-state index is 0.0530. The van der Waals surface area contributed by atoms with Crippen LogP contribution in [0.15, 0.2) is 60.0 Å². The van der Waals surface area contributed by atoms with E-state index in [0.29, 0.717) is 36.0 Å². The molecular formula is C27H29ClN2O3S. The topological polar surface area (TPSA) is 49.9 Å². The number of thiophene rings is 1. The molecule has 0 N–H and O–H groups in total. The van der Waals surface area contributed by atoms with Gasteiger partial charge in [-0.2, -0.15) is 0 Å². The first-order valence-corrected chi connectivity index (χ1v) is 12.8. The molecule has 1 aliphatic heterocycles. The van der Waals surface area contributed by atoms with E-state index >= 15 is 0 Å². The molecule has 5 nitrogen and oxygen atoms in total. The summed E-state index contributed by atoms with van der Waals surface area (Å²) in [6.45, 7) is 5.54. The third kappa shape index (κ3) is 5.62. The van der Waals surface area contributed by atoms with Gasteiger partial charge in [-0.3, -0.25) is 9.59 Å². The number of aryl methyl sites for hydroxylation is 1. The van der Waals surface area contributed by atoms with E-state index in [1.54, 1.807) is 28.4 Å². The van der Waals surface area contributed by atoms with Gasteiger partial charge < -0.3 is 14.5 Å². The highest BCUT2D eigenvalue weighted by molar-refractivity contribution is 7.10. The van der Waals surface area contributed by atoms with Crippen molar-refractivity contribution in [1.82, 2.24) is 9.80 Å². The minimum Gasteiger partial charge on any atom is -0.491 e. The van der Waals surface area contributed by atoms with Gasteiger partial charge in [-0.05, 0) is 73.2 Å². The molecule has 1 atom stereocenters. The Morgan fingerprint density at radius 1 is 1.12 bits per heavy atom. The van der Waals surface area contributed by atoms with Gasteiger partial charge in [0.2, 0.25) is 5.91 Å². The Labute approximate surface area is 209 Å². The van der Waals surface area contributed by atoms with Crippen LogP contribution in [-0.4, -0.2) is 47.9 Å². The van der Waals surface area contributed by atoms with E-state index in [1.807, 2.05) is 55.1 Å². The summed E-state index contributed by atoms with van der Waals surface area (Å²) in [5.41, 5.74) is 2.83. The molecule has 0 bridgehead atoms. The van der Waals surface area contributed by atoms with Crippen LogP contribution in [0.4, 0.5) is 0 Å². The maximum Gasteiger partial charge on any atom is 0.254 e. The number of halogens is 1. The first-order valence-electron chi connectivity index (χ1n) is 11.6. The molecule has 3 aromatic rings. The number of hydrogen-bond donors (Lipinski definition) is 0. The van der Waals surface area contributed by atoms with Gasteiger partial charge in [0.25, 0.3) is 5.91 Å². The van der Waals surface area contributed by atoms with Gasteiger partial charge >= 0.3 is 0 Å². The van der Waals surface area contributed by atoms with Crippen molar-refractivity contribution in [2.45, 2.75) is 32.7 Å². The zero-order chi connectivity index (χ0) is 24.1. The lowest BCUT2D eigenvalue weighted by atomic mass is 10.0. The number of nitrogens with zero attached hydrogens (tertiary/aromatic N) is 2. The van der Waals surface area contributed by atoms with Crippen LogP contribution in [0.3, 0.4) is 0 Å². The fourth-order valence-corrected chi connectivity index (χ4v) is 5.29. The summed E-state index contributed by atoms with van der Waals surface area (Å²) in [6.07, 6.45) is 1.60. The lowest BCUT2D eigenvalue weighted by Crippen LogP contribution is -2.48. The van der Waals surface area contributed by atoms with Gasteiger partial charge in [0, 0.05) is 28.6 Å². The number of hydrogen-bond acceptors (Lipinski definition) is 4. The van der Waals surface area contributed by atoms with Crippen molar-refractivity contribution < 1.29 is 14.3 Å². The maximum atomic E-state index is 13.5. The summed E-state index contributed by atoms with van der Waals surface area (Å²) in [7, 11) is 0. The van der Waals surface area contributed by atoms with Gasteiger partial charge in [-0.15, -0.1) is 11.3 Å². The molecule has 4 rings (SSSR count). The molecule has 1 aliphatic rings. The summed E-state index contributed by atoms with van der Waals surface area (Å²) in [4.78, 5) is 31.5. The van der Waals surface area contributed by atoms with Crippen molar-refractivity contribution in [3.8, 4) is 5.75 Å². The normalized spacial score (nSPS) is 15.0. The molecule has 0 spiro atoms. The fourth-order valence-electron chi connectivity index (χ4n) is 4.24. The number of fused-ring (bicyclic) bond motifs is 1. The Kier molecular flexibility index (Phi) is 7.91. The van der Waals surface area contributed by atoms with Crippen molar-refractivity contribution in [2.24, 2.45) is 0 Å².